The summed E-state index contributed by atoms with van der Waals surface area (Å²) < 4.78 is 5.58. The average Bonchev–Trinajstić information content (AvgIpc) is 2.32. The summed E-state index contributed by atoms with van der Waals surface area (Å²) in [5, 5.41) is 10.4. The Bertz CT molecular complexity index is 404. The molecule has 1 N–H and O–H groups in total. The Morgan fingerprint density at radius 2 is 1.79 bits per heavy atom. The molecule has 0 bridgehead atoms. The van der Waals surface area contributed by atoms with Crippen molar-refractivity contribution in [1.82, 2.24) is 0 Å². The van der Waals surface area contributed by atoms with Gasteiger partial charge >= 0.3 is 0 Å². The summed E-state index contributed by atoms with van der Waals surface area (Å²) in [7, 11) is 1.76. The third-order valence-corrected chi connectivity index (χ3v) is 4.42. The molecule has 1 atom stereocenters. The van der Waals surface area contributed by atoms with Gasteiger partial charge in [0.2, 0.25) is 0 Å². The monoisotopic (exact) mass is 262 g/mol. The predicted molar refractivity (Wildman–Crippen MR) is 78.3 cm³/mol. The SMILES string of the molecule is COC1(CC(O)c2ccc(C(C)(C)C)cc2)CCC1. The fourth-order valence-electron chi connectivity index (χ4n) is 2.74. The molecule has 1 saturated carbocycles. The zero-order valence-electron chi connectivity index (χ0n) is 12.6. The van der Waals surface area contributed by atoms with Crippen LogP contribution in [0.15, 0.2) is 24.3 Å². The van der Waals surface area contributed by atoms with Gasteiger partial charge in [-0.05, 0) is 35.8 Å². The highest BCUT2D eigenvalue weighted by Crippen LogP contribution is 2.41. The van der Waals surface area contributed by atoms with Gasteiger partial charge < -0.3 is 9.84 Å². The number of ether oxygens (including phenoxy) is 1. The van der Waals surface area contributed by atoms with E-state index in [9.17, 15) is 5.11 Å². The summed E-state index contributed by atoms with van der Waals surface area (Å²) in [6, 6.07) is 8.35. The van der Waals surface area contributed by atoms with Gasteiger partial charge in [0.05, 0.1) is 11.7 Å². The van der Waals surface area contributed by atoms with Crippen molar-refractivity contribution < 1.29 is 9.84 Å². The van der Waals surface area contributed by atoms with E-state index < -0.39 is 6.10 Å². The van der Waals surface area contributed by atoms with Crippen LogP contribution in [0.4, 0.5) is 0 Å². The Morgan fingerprint density at radius 1 is 1.21 bits per heavy atom. The number of aliphatic hydroxyl groups excluding tert-OH is 1. The van der Waals surface area contributed by atoms with E-state index in [-0.39, 0.29) is 11.0 Å². The lowest BCUT2D eigenvalue weighted by atomic mass is 9.75. The highest BCUT2D eigenvalue weighted by atomic mass is 16.5. The molecule has 1 aromatic rings. The summed E-state index contributed by atoms with van der Waals surface area (Å²) in [5.74, 6) is 0. The van der Waals surface area contributed by atoms with Crippen molar-refractivity contribution in [2.75, 3.05) is 7.11 Å². The van der Waals surface area contributed by atoms with Crippen molar-refractivity contribution in [3.05, 3.63) is 35.4 Å². The van der Waals surface area contributed by atoms with Crippen molar-refractivity contribution >= 4 is 0 Å². The lowest BCUT2D eigenvalue weighted by molar-refractivity contribution is -0.0999. The van der Waals surface area contributed by atoms with Crippen molar-refractivity contribution in [1.29, 1.82) is 0 Å². The highest BCUT2D eigenvalue weighted by molar-refractivity contribution is 5.28. The van der Waals surface area contributed by atoms with Gasteiger partial charge in [-0.1, -0.05) is 45.0 Å². The van der Waals surface area contributed by atoms with Crippen LogP contribution >= 0.6 is 0 Å². The molecular formula is C17H26O2. The molecule has 1 unspecified atom stereocenters. The van der Waals surface area contributed by atoms with E-state index in [0.717, 1.165) is 18.4 Å². The van der Waals surface area contributed by atoms with Gasteiger partial charge in [-0.25, -0.2) is 0 Å². The zero-order chi connectivity index (χ0) is 14.1. The van der Waals surface area contributed by atoms with Gasteiger partial charge in [0.1, 0.15) is 0 Å². The number of benzene rings is 1. The summed E-state index contributed by atoms with van der Waals surface area (Å²) >= 11 is 0. The molecule has 2 nitrogen and oxygen atoms in total. The normalized spacial score (nSPS) is 19.8. The first-order valence-corrected chi connectivity index (χ1v) is 7.20. The van der Waals surface area contributed by atoms with Crippen LogP contribution in [0.1, 0.15) is 63.7 Å². The number of rotatable bonds is 4. The van der Waals surface area contributed by atoms with E-state index in [1.165, 1.54) is 12.0 Å². The summed E-state index contributed by atoms with van der Waals surface area (Å²) in [6.07, 6.45) is 3.64. The second-order valence-electron chi connectivity index (χ2n) is 6.83. The Hall–Kier alpha value is -0.860. The minimum Gasteiger partial charge on any atom is -0.388 e. The molecule has 1 aromatic carbocycles. The van der Waals surface area contributed by atoms with Gasteiger partial charge in [-0.15, -0.1) is 0 Å². The molecule has 1 fully saturated rings. The molecule has 0 aliphatic heterocycles. The maximum absolute atomic E-state index is 10.4. The van der Waals surface area contributed by atoms with Gasteiger partial charge in [0, 0.05) is 13.5 Å². The highest BCUT2D eigenvalue weighted by Gasteiger charge is 2.38. The van der Waals surface area contributed by atoms with E-state index in [4.69, 9.17) is 4.74 Å². The third kappa shape index (κ3) is 3.18. The lowest BCUT2D eigenvalue weighted by Crippen LogP contribution is -2.40. The first kappa shape index (κ1) is 14.5. The lowest BCUT2D eigenvalue weighted by Gasteiger charge is -2.42. The fourth-order valence-corrected chi connectivity index (χ4v) is 2.74. The Kier molecular flexibility index (Phi) is 4.03. The van der Waals surface area contributed by atoms with Crippen LogP contribution in [-0.4, -0.2) is 17.8 Å². The molecule has 0 aromatic heterocycles. The topological polar surface area (TPSA) is 29.5 Å². The van der Waals surface area contributed by atoms with Crippen LogP contribution in [0.25, 0.3) is 0 Å². The Morgan fingerprint density at radius 3 is 2.16 bits per heavy atom. The van der Waals surface area contributed by atoms with Crippen molar-refractivity contribution in [2.24, 2.45) is 0 Å². The van der Waals surface area contributed by atoms with E-state index in [1.54, 1.807) is 7.11 Å². The van der Waals surface area contributed by atoms with Crippen LogP contribution < -0.4 is 0 Å². The van der Waals surface area contributed by atoms with E-state index in [2.05, 4.69) is 32.9 Å². The first-order chi connectivity index (χ1) is 8.86. The maximum Gasteiger partial charge on any atom is 0.0817 e. The molecule has 1 aliphatic rings. The quantitative estimate of drug-likeness (QED) is 0.889. The van der Waals surface area contributed by atoms with E-state index >= 15 is 0 Å². The van der Waals surface area contributed by atoms with Crippen molar-refractivity contribution in [2.45, 2.75) is 63.6 Å². The van der Waals surface area contributed by atoms with Gasteiger partial charge in [0.25, 0.3) is 0 Å². The molecule has 0 heterocycles. The first-order valence-electron chi connectivity index (χ1n) is 7.20. The van der Waals surface area contributed by atoms with E-state index in [0.29, 0.717) is 6.42 Å². The zero-order valence-corrected chi connectivity index (χ0v) is 12.6. The Labute approximate surface area is 116 Å². The van der Waals surface area contributed by atoms with Gasteiger partial charge in [0.15, 0.2) is 0 Å². The Balaban J connectivity index is 2.05. The minimum absolute atomic E-state index is 0.0812. The fraction of sp³-hybridized carbons (Fsp3) is 0.647. The average molecular weight is 262 g/mol. The molecule has 2 heteroatoms. The second kappa shape index (κ2) is 5.26. The van der Waals surface area contributed by atoms with Crippen LogP contribution in [0, 0.1) is 0 Å². The molecule has 0 spiro atoms. The maximum atomic E-state index is 10.4. The summed E-state index contributed by atoms with van der Waals surface area (Å²) in [4.78, 5) is 0. The van der Waals surface area contributed by atoms with Gasteiger partial charge in [-0.2, -0.15) is 0 Å². The summed E-state index contributed by atoms with van der Waals surface area (Å²) in [5.41, 5.74) is 2.37. The molecule has 0 radical (unpaired) electrons. The van der Waals surface area contributed by atoms with Crippen molar-refractivity contribution in [3.8, 4) is 0 Å². The molecule has 1 aliphatic carbocycles. The molecule has 2 rings (SSSR count). The number of hydrogen-bond acceptors (Lipinski definition) is 2. The minimum atomic E-state index is -0.422. The summed E-state index contributed by atoms with van der Waals surface area (Å²) in [6.45, 7) is 6.60. The molecule has 0 amide bonds. The molecule has 19 heavy (non-hydrogen) atoms. The van der Waals surface area contributed by atoms with E-state index in [1.807, 2.05) is 12.1 Å². The van der Waals surface area contributed by atoms with Gasteiger partial charge in [-0.3, -0.25) is 0 Å². The number of hydrogen-bond donors (Lipinski definition) is 1. The standard InChI is InChI=1S/C17H26O2/c1-16(2,3)14-8-6-13(7-9-14)15(18)12-17(19-4)10-5-11-17/h6-9,15,18H,5,10-12H2,1-4H3. The second-order valence-corrected chi connectivity index (χ2v) is 6.83. The molecule has 0 saturated heterocycles. The third-order valence-electron chi connectivity index (χ3n) is 4.42. The number of aliphatic hydroxyl groups is 1. The van der Waals surface area contributed by atoms with Crippen LogP contribution in [0.3, 0.4) is 0 Å². The largest absolute Gasteiger partial charge is 0.388 e. The van der Waals surface area contributed by atoms with Crippen LogP contribution in [0.2, 0.25) is 0 Å². The van der Waals surface area contributed by atoms with Crippen LogP contribution in [0.5, 0.6) is 0 Å². The molecule has 106 valence electrons. The smallest absolute Gasteiger partial charge is 0.0817 e. The van der Waals surface area contributed by atoms with Crippen molar-refractivity contribution in [3.63, 3.8) is 0 Å². The number of methoxy groups -OCH3 is 1. The predicted octanol–water partition coefficient (Wildman–Crippen LogP) is 3.98. The van der Waals surface area contributed by atoms with Crippen LogP contribution in [-0.2, 0) is 10.2 Å². The molecular weight excluding hydrogens is 236 g/mol.